The van der Waals surface area contributed by atoms with Crippen LogP contribution in [-0.2, 0) is 0 Å². The summed E-state index contributed by atoms with van der Waals surface area (Å²) in [6, 6.07) is 11.2. The molecule has 0 bridgehead atoms. The van der Waals surface area contributed by atoms with Gasteiger partial charge >= 0.3 is 0 Å². The van der Waals surface area contributed by atoms with E-state index >= 15 is 0 Å². The fourth-order valence-corrected chi connectivity index (χ4v) is 2.06. The topological polar surface area (TPSA) is 80.0 Å². The van der Waals surface area contributed by atoms with E-state index in [1.165, 1.54) is 0 Å². The van der Waals surface area contributed by atoms with E-state index in [1.807, 2.05) is 25.1 Å². The number of hydrogen-bond acceptors (Lipinski definition) is 4. The van der Waals surface area contributed by atoms with Crippen LogP contribution in [0.5, 0.6) is 0 Å². The van der Waals surface area contributed by atoms with E-state index in [0.717, 1.165) is 22.5 Å². The van der Waals surface area contributed by atoms with Crippen LogP contribution >= 0.6 is 0 Å². The Hall–Kier alpha value is -2.87. The van der Waals surface area contributed by atoms with Crippen molar-refractivity contribution in [1.29, 1.82) is 5.26 Å². The van der Waals surface area contributed by atoms with Gasteiger partial charge in [0.05, 0.1) is 17.3 Å². The molecule has 3 aromatic rings. The zero-order valence-corrected chi connectivity index (χ0v) is 10.3. The predicted octanol–water partition coefficient (Wildman–Crippen LogP) is 2.16. The molecule has 0 fully saturated rings. The Labute approximate surface area is 109 Å². The molecular formula is C14H11N5. The summed E-state index contributed by atoms with van der Waals surface area (Å²) in [5, 5.41) is 13.4. The maximum absolute atomic E-state index is 8.95. The molecule has 0 aliphatic carbocycles. The molecule has 0 saturated carbocycles. The number of aromatic nitrogens is 3. The van der Waals surface area contributed by atoms with Crippen molar-refractivity contribution in [2.75, 3.05) is 5.73 Å². The van der Waals surface area contributed by atoms with Crippen LogP contribution in [0.2, 0.25) is 0 Å². The van der Waals surface area contributed by atoms with Crippen molar-refractivity contribution in [3.05, 3.63) is 47.7 Å². The second-order valence-electron chi connectivity index (χ2n) is 4.29. The summed E-state index contributed by atoms with van der Waals surface area (Å²) in [5.74, 6) is 0.466. The van der Waals surface area contributed by atoms with Gasteiger partial charge in [-0.1, -0.05) is 12.1 Å². The molecule has 0 spiro atoms. The number of nitrogens with zero attached hydrogens (tertiary/aromatic N) is 4. The minimum absolute atomic E-state index is 0.466. The van der Waals surface area contributed by atoms with Gasteiger partial charge < -0.3 is 5.73 Å². The lowest BCUT2D eigenvalue weighted by molar-refractivity contribution is 0.945. The first kappa shape index (κ1) is 11.2. The van der Waals surface area contributed by atoms with Crippen molar-refractivity contribution in [3.8, 4) is 17.3 Å². The van der Waals surface area contributed by atoms with E-state index in [9.17, 15) is 0 Å². The van der Waals surface area contributed by atoms with Gasteiger partial charge in [-0.2, -0.15) is 10.4 Å². The van der Waals surface area contributed by atoms with E-state index in [2.05, 4.69) is 16.2 Å². The SMILES string of the molecule is Cc1c(-c2cccc(C#N)c2)nn2ccc(N)nc12. The Kier molecular flexibility index (Phi) is 2.43. The van der Waals surface area contributed by atoms with Gasteiger partial charge in [0.15, 0.2) is 5.65 Å². The van der Waals surface area contributed by atoms with Gasteiger partial charge in [0.1, 0.15) is 5.82 Å². The lowest BCUT2D eigenvalue weighted by Crippen LogP contribution is -1.94. The molecule has 2 aromatic heterocycles. The summed E-state index contributed by atoms with van der Waals surface area (Å²) < 4.78 is 1.69. The zero-order chi connectivity index (χ0) is 13.4. The van der Waals surface area contributed by atoms with E-state index in [0.29, 0.717) is 11.4 Å². The van der Waals surface area contributed by atoms with Crippen molar-refractivity contribution in [2.24, 2.45) is 0 Å². The first-order chi connectivity index (χ1) is 9.19. The van der Waals surface area contributed by atoms with E-state index < -0.39 is 0 Å². The standard InChI is InChI=1S/C14H11N5/c1-9-13(11-4-2-3-10(7-11)8-15)18-19-6-5-12(16)17-14(9)19/h2-7H,1H3,(H2,16,17). The third-order valence-corrected chi connectivity index (χ3v) is 3.00. The highest BCUT2D eigenvalue weighted by atomic mass is 15.3. The number of benzene rings is 1. The van der Waals surface area contributed by atoms with E-state index in [-0.39, 0.29) is 0 Å². The Bertz CT molecular complexity index is 810. The first-order valence-electron chi connectivity index (χ1n) is 5.81. The van der Waals surface area contributed by atoms with E-state index in [1.54, 1.807) is 22.8 Å². The molecule has 3 rings (SSSR count). The summed E-state index contributed by atoms with van der Waals surface area (Å²) in [6.07, 6.45) is 1.78. The number of hydrogen-bond donors (Lipinski definition) is 1. The first-order valence-corrected chi connectivity index (χ1v) is 5.81. The number of nitrogen functional groups attached to an aromatic ring is 1. The highest BCUT2D eigenvalue weighted by molar-refractivity contribution is 5.71. The van der Waals surface area contributed by atoms with Gasteiger partial charge in [0.2, 0.25) is 0 Å². The van der Waals surface area contributed by atoms with Crippen molar-refractivity contribution >= 4 is 11.5 Å². The molecule has 92 valence electrons. The average Bonchev–Trinajstić information content (AvgIpc) is 2.76. The highest BCUT2D eigenvalue weighted by Gasteiger charge is 2.12. The largest absolute Gasteiger partial charge is 0.384 e. The number of rotatable bonds is 1. The number of anilines is 1. The van der Waals surface area contributed by atoms with Crippen LogP contribution in [0.25, 0.3) is 16.9 Å². The quantitative estimate of drug-likeness (QED) is 0.716. The molecule has 5 nitrogen and oxygen atoms in total. The third kappa shape index (κ3) is 1.79. The fraction of sp³-hybridized carbons (Fsp3) is 0.0714. The van der Waals surface area contributed by atoms with Crippen LogP contribution in [0.15, 0.2) is 36.5 Å². The van der Waals surface area contributed by atoms with Gasteiger partial charge in [-0.3, -0.25) is 0 Å². The van der Waals surface area contributed by atoms with Crippen molar-refractivity contribution in [2.45, 2.75) is 6.92 Å². The molecule has 0 saturated heterocycles. The molecule has 0 atom stereocenters. The van der Waals surface area contributed by atoms with Gasteiger partial charge in [-0.25, -0.2) is 9.50 Å². The molecule has 2 heterocycles. The number of nitrogens with two attached hydrogens (primary N) is 1. The van der Waals surface area contributed by atoms with Crippen LogP contribution in [0.4, 0.5) is 5.82 Å². The number of aryl methyl sites for hydroxylation is 1. The van der Waals surface area contributed by atoms with Crippen molar-refractivity contribution in [3.63, 3.8) is 0 Å². The average molecular weight is 249 g/mol. The Morgan fingerprint density at radius 2 is 2.16 bits per heavy atom. The summed E-state index contributed by atoms with van der Waals surface area (Å²) in [7, 11) is 0. The molecule has 0 aliphatic heterocycles. The van der Waals surface area contributed by atoms with Crippen LogP contribution in [0, 0.1) is 18.3 Å². The predicted molar refractivity (Wildman–Crippen MR) is 72.3 cm³/mol. The Morgan fingerprint density at radius 3 is 2.95 bits per heavy atom. The molecule has 0 radical (unpaired) electrons. The smallest absolute Gasteiger partial charge is 0.160 e. The summed E-state index contributed by atoms with van der Waals surface area (Å²) in [5.41, 5.74) is 9.70. The summed E-state index contributed by atoms with van der Waals surface area (Å²) >= 11 is 0. The van der Waals surface area contributed by atoms with Gasteiger partial charge in [-0.15, -0.1) is 0 Å². The third-order valence-electron chi connectivity index (χ3n) is 3.00. The highest BCUT2D eigenvalue weighted by Crippen LogP contribution is 2.25. The van der Waals surface area contributed by atoms with Crippen LogP contribution in [0.1, 0.15) is 11.1 Å². The van der Waals surface area contributed by atoms with E-state index in [4.69, 9.17) is 11.0 Å². The lowest BCUT2D eigenvalue weighted by atomic mass is 10.1. The second kappa shape index (κ2) is 4.10. The summed E-state index contributed by atoms with van der Waals surface area (Å²) in [4.78, 5) is 4.28. The van der Waals surface area contributed by atoms with Crippen LogP contribution < -0.4 is 5.73 Å². The Morgan fingerprint density at radius 1 is 1.32 bits per heavy atom. The minimum atomic E-state index is 0.466. The molecule has 19 heavy (non-hydrogen) atoms. The molecular weight excluding hydrogens is 238 g/mol. The molecule has 0 aliphatic rings. The summed E-state index contributed by atoms with van der Waals surface area (Å²) in [6.45, 7) is 1.95. The maximum Gasteiger partial charge on any atom is 0.160 e. The van der Waals surface area contributed by atoms with Crippen molar-refractivity contribution in [1.82, 2.24) is 14.6 Å². The van der Waals surface area contributed by atoms with Gasteiger partial charge in [0, 0.05) is 17.3 Å². The fourth-order valence-electron chi connectivity index (χ4n) is 2.06. The van der Waals surface area contributed by atoms with Crippen LogP contribution in [-0.4, -0.2) is 14.6 Å². The Balaban J connectivity index is 2.25. The molecule has 0 amide bonds. The van der Waals surface area contributed by atoms with Crippen molar-refractivity contribution < 1.29 is 0 Å². The lowest BCUT2D eigenvalue weighted by Gasteiger charge is -1.98. The monoisotopic (exact) mass is 249 g/mol. The molecule has 0 unspecified atom stereocenters. The van der Waals surface area contributed by atoms with Crippen LogP contribution in [0.3, 0.4) is 0 Å². The van der Waals surface area contributed by atoms with Gasteiger partial charge in [-0.05, 0) is 25.1 Å². The molecule has 1 aromatic carbocycles. The number of nitriles is 1. The zero-order valence-electron chi connectivity index (χ0n) is 10.3. The van der Waals surface area contributed by atoms with Gasteiger partial charge in [0.25, 0.3) is 0 Å². The minimum Gasteiger partial charge on any atom is -0.384 e. The second-order valence-corrected chi connectivity index (χ2v) is 4.29. The normalized spacial score (nSPS) is 10.5. The molecule has 5 heteroatoms. The maximum atomic E-state index is 8.95. The number of fused-ring (bicyclic) bond motifs is 1. The molecule has 2 N–H and O–H groups in total.